The highest BCUT2D eigenvalue weighted by atomic mass is 35.5. The molecule has 0 spiro atoms. The topological polar surface area (TPSA) is 60.5 Å². The van der Waals surface area contributed by atoms with E-state index in [9.17, 15) is 4.79 Å². The Morgan fingerprint density at radius 3 is 2.93 bits per heavy atom. The maximum atomic E-state index is 12.5. The average Bonchev–Trinajstić information content (AvgIpc) is 3.11. The highest BCUT2D eigenvalue weighted by Gasteiger charge is 2.27. The van der Waals surface area contributed by atoms with Gasteiger partial charge in [0.05, 0.1) is 0 Å². The maximum absolute atomic E-state index is 12.5. The van der Waals surface area contributed by atoms with Crippen molar-refractivity contribution in [1.29, 1.82) is 0 Å². The minimum atomic E-state index is -0.705. The average molecular weight is 401 g/mol. The van der Waals surface area contributed by atoms with Crippen LogP contribution in [0.5, 0.6) is 11.5 Å². The first-order valence-corrected chi connectivity index (χ1v) is 9.67. The third-order valence-electron chi connectivity index (χ3n) is 4.20. The standard InChI is InChI=1S/C20H17ClN2O3S/c1-12-6-7-13(9-15(12)21)8-14-10-22-20(27-14)23-19(24)18-11-25-16-4-2-3-5-17(16)26-18/h2-7,9-10,18H,8,11H2,1H3,(H,22,23,24). The Kier molecular flexibility index (Phi) is 5.01. The SMILES string of the molecule is Cc1ccc(Cc2cnc(NC(=O)C3COc4ccccc4O3)s2)cc1Cl. The number of hydrogen-bond donors (Lipinski definition) is 1. The van der Waals surface area contributed by atoms with E-state index in [0.29, 0.717) is 23.1 Å². The summed E-state index contributed by atoms with van der Waals surface area (Å²) < 4.78 is 11.3. The lowest BCUT2D eigenvalue weighted by Crippen LogP contribution is -2.40. The number of fused-ring (bicyclic) bond motifs is 1. The molecule has 5 nitrogen and oxygen atoms in total. The molecule has 1 unspecified atom stereocenters. The summed E-state index contributed by atoms with van der Waals surface area (Å²) in [5.41, 5.74) is 2.15. The molecule has 3 aromatic rings. The van der Waals surface area contributed by atoms with Gasteiger partial charge in [-0.15, -0.1) is 11.3 Å². The van der Waals surface area contributed by atoms with E-state index >= 15 is 0 Å². The number of carbonyl (C=O) groups is 1. The van der Waals surface area contributed by atoms with E-state index in [-0.39, 0.29) is 12.5 Å². The second-order valence-corrected chi connectivity index (χ2v) is 7.77. The van der Waals surface area contributed by atoms with Gasteiger partial charge in [-0.25, -0.2) is 4.98 Å². The normalized spacial score (nSPS) is 15.4. The van der Waals surface area contributed by atoms with Crippen molar-refractivity contribution in [3.05, 3.63) is 69.7 Å². The number of para-hydroxylation sites is 2. The molecule has 0 saturated heterocycles. The van der Waals surface area contributed by atoms with E-state index < -0.39 is 6.10 Å². The lowest BCUT2D eigenvalue weighted by Gasteiger charge is -2.25. The van der Waals surface area contributed by atoms with Gasteiger partial charge in [-0.1, -0.05) is 35.9 Å². The zero-order chi connectivity index (χ0) is 18.8. The highest BCUT2D eigenvalue weighted by molar-refractivity contribution is 7.15. The molecule has 1 atom stereocenters. The lowest BCUT2D eigenvalue weighted by molar-refractivity contribution is -0.125. The van der Waals surface area contributed by atoms with Crippen molar-refractivity contribution >= 4 is 34.0 Å². The van der Waals surface area contributed by atoms with Gasteiger partial charge in [-0.05, 0) is 36.2 Å². The van der Waals surface area contributed by atoms with Crippen molar-refractivity contribution in [3.63, 3.8) is 0 Å². The Hall–Kier alpha value is -2.57. The number of rotatable bonds is 4. The van der Waals surface area contributed by atoms with Crippen LogP contribution in [0, 0.1) is 6.92 Å². The summed E-state index contributed by atoms with van der Waals surface area (Å²) in [5, 5.41) is 4.09. The van der Waals surface area contributed by atoms with Gasteiger partial charge in [0.1, 0.15) is 6.61 Å². The first-order valence-electron chi connectivity index (χ1n) is 8.47. The number of anilines is 1. The van der Waals surface area contributed by atoms with Crippen LogP contribution in [0.15, 0.2) is 48.7 Å². The Morgan fingerprint density at radius 2 is 2.11 bits per heavy atom. The van der Waals surface area contributed by atoms with Crippen LogP contribution in [-0.4, -0.2) is 23.6 Å². The monoisotopic (exact) mass is 400 g/mol. The Bertz CT molecular complexity index is 989. The first-order chi connectivity index (χ1) is 13.1. The molecular weight excluding hydrogens is 384 g/mol. The van der Waals surface area contributed by atoms with Gasteiger partial charge in [-0.2, -0.15) is 0 Å². The second-order valence-electron chi connectivity index (χ2n) is 6.25. The third kappa shape index (κ3) is 4.07. The second kappa shape index (κ2) is 7.58. The van der Waals surface area contributed by atoms with Crippen molar-refractivity contribution in [3.8, 4) is 11.5 Å². The molecule has 1 aliphatic heterocycles. The molecule has 7 heteroatoms. The quantitative estimate of drug-likeness (QED) is 0.701. The summed E-state index contributed by atoms with van der Waals surface area (Å²) in [6.45, 7) is 2.14. The van der Waals surface area contributed by atoms with Crippen LogP contribution in [-0.2, 0) is 11.2 Å². The van der Waals surface area contributed by atoms with E-state index in [4.69, 9.17) is 21.1 Å². The Morgan fingerprint density at radius 1 is 1.30 bits per heavy atom. The Balaban J connectivity index is 1.39. The number of halogens is 1. The predicted molar refractivity (Wildman–Crippen MR) is 106 cm³/mol. The van der Waals surface area contributed by atoms with Gasteiger partial charge in [-0.3, -0.25) is 10.1 Å². The fraction of sp³-hybridized carbons (Fsp3) is 0.200. The van der Waals surface area contributed by atoms with Crippen molar-refractivity contribution < 1.29 is 14.3 Å². The van der Waals surface area contributed by atoms with Crippen molar-refractivity contribution in [2.24, 2.45) is 0 Å². The summed E-state index contributed by atoms with van der Waals surface area (Å²) in [7, 11) is 0. The third-order valence-corrected chi connectivity index (χ3v) is 5.52. The van der Waals surface area contributed by atoms with Crippen molar-refractivity contribution in [2.45, 2.75) is 19.4 Å². The van der Waals surface area contributed by atoms with Crippen LogP contribution in [0.1, 0.15) is 16.0 Å². The van der Waals surface area contributed by atoms with Gasteiger partial charge < -0.3 is 9.47 Å². The zero-order valence-corrected chi connectivity index (χ0v) is 16.1. The first kappa shape index (κ1) is 17.8. The smallest absolute Gasteiger partial charge is 0.270 e. The van der Waals surface area contributed by atoms with Crippen LogP contribution < -0.4 is 14.8 Å². The number of ether oxygens (including phenoxy) is 2. The number of thiazole rings is 1. The molecule has 27 heavy (non-hydrogen) atoms. The largest absolute Gasteiger partial charge is 0.485 e. The lowest BCUT2D eigenvalue weighted by atomic mass is 10.1. The molecule has 0 bridgehead atoms. The molecule has 1 aliphatic rings. The zero-order valence-electron chi connectivity index (χ0n) is 14.6. The van der Waals surface area contributed by atoms with E-state index in [1.165, 1.54) is 11.3 Å². The number of aryl methyl sites for hydroxylation is 1. The number of benzene rings is 2. The van der Waals surface area contributed by atoms with E-state index in [1.807, 2.05) is 43.3 Å². The van der Waals surface area contributed by atoms with Gasteiger partial charge in [0.2, 0.25) is 6.10 Å². The number of aromatic nitrogens is 1. The minimum Gasteiger partial charge on any atom is -0.485 e. The molecule has 0 radical (unpaired) electrons. The van der Waals surface area contributed by atoms with E-state index in [0.717, 1.165) is 21.0 Å². The summed E-state index contributed by atoms with van der Waals surface area (Å²) in [5.74, 6) is 0.943. The van der Waals surface area contributed by atoms with Crippen LogP contribution in [0.4, 0.5) is 5.13 Å². The predicted octanol–water partition coefficient (Wildman–Crippen LogP) is 4.47. The molecule has 0 saturated carbocycles. The Labute approximate surface area is 165 Å². The van der Waals surface area contributed by atoms with Crippen LogP contribution >= 0.6 is 22.9 Å². The molecule has 2 heterocycles. The van der Waals surface area contributed by atoms with E-state index in [1.54, 1.807) is 12.3 Å². The van der Waals surface area contributed by atoms with Crippen molar-refractivity contribution in [1.82, 2.24) is 4.98 Å². The molecule has 1 aromatic heterocycles. The van der Waals surface area contributed by atoms with Crippen molar-refractivity contribution in [2.75, 3.05) is 11.9 Å². The van der Waals surface area contributed by atoms with Crippen LogP contribution in [0.25, 0.3) is 0 Å². The molecule has 0 fully saturated rings. The summed E-state index contributed by atoms with van der Waals surface area (Å²) in [6, 6.07) is 13.3. The molecule has 0 aliphatic carbocycles. The van der Waals surface area contributed by atoms with Crippen LogP contribution in [0.3, 0.4) is 0 Å². The number of amides is 1. The molecule has 4 rings (SSSR count). The van der Waals surface area contributed by atoms with Gasteiger partial charge in [0, 0.05) is 22.5 Å². The molecular formula is C20H17ClN2O3S. The molecule has 1 amide bonds. The number of nitrogens with one attached hydrogen (secondary N) is 1. The van der Waals surface area contributed by atoms with Crippen LogP contribution in [0.2, 0.25) is 5.02 Å². The number of carbonyl (C=O) groups excluding carboxylic acids is 1. The van der Waals surface area contributed by atoms with E-state index in [2.05, 4.69) is 10.3 Å². The molecule has 2 aromatic carbocycles. The van der Waals surface area contributed by atoms with Gasteiger partial charge in [0.25, 0.3) is 5.91 Å². The van der Waals surface area contributed by atoms with Gasteiger partial charge >= 0.3 is 0 Å². The summed E-state index contributed by atoms with van der Waals surface area (Å²) >= 11 is 7.61. The number of hydrogen-bond acceptors (Lipinski definition) is 5. The fourth-order valence-electron chi connectivity index (χ4n) is 2.73. The molecule has 138 valence electrons. The highest BCUT2D eigenvalue weighted by Crippen LogP contribution is 2.31. The molecule has 1 N–H and O–H groups in total. The summed E-state index contributed by atoms with van der Waals surface area (Å²) in [6.07, 6.45) is 1.77. The fourth-order valence-corrected chi connectivity index (χ4v) is 3.78. The van der Waals surface area contributed by atoms with Gasteiger partial charge in [0.15, 0.2) is 16.6 Å². The minimum absolute atomic E-state index is 0.170. The maximum Gasteiger partial charge on any atom is 0.270 e. The summed E-state index contributed by atoms with van der Waals surface area (Å²) in [4.78, 5) is 17.8. The number of nitrogens with zero attached hydrogens (tertiary/aromatic N) is 1.